The van der Waals surface area contributed by atoms with Gasteiger partial charge in [0.05, 0.1) is 12.8 Å². The molecule has 0 saturated carbocycles. The summed E-state index contributed by atoms with van der Waals surface area (Å²) in [5.41, 5.74) is 8.46. The van der Waals surface area contributed by atoms with Crippen LogP contribution in [0.1, 0.15) is 5.56 Å². The number of thiazole rings is 1. The van der Waals surface area contributed by atoms with Crippen molar-refractivity contribution in [3.63, 3.8) is 0 Å². The van der Waals surface area contributed by atoms with Gasteiger partial charge >= 0.3 is 0 Å². The summed E-state index contributed by atoms with van der Waals surface area (Å²) in [6.07, 6.45) is 3.15. The van der Waals surface area contributed by atoms with Crippen LogP contribution in [0.3, 0.4) is 0 Å². The largest absolute Gasteiger partial charge is 0.495 e. The molecule has 23 heavy (non-hydrogen) atoms. The molecule has 118 valence electrons. The van der Waals surface area contributed by atoms with E-state index in [9.17, 15) is 0 Å². The van der Waals surface area contributed by atoms with Crippen LogP contribution in [0.5, 0.6) is 5.75 Å². The Morgan fingerprint density at radius 3 is 2.61 bits per heavy atom. The number of nitrogens with one attached hydrogen (secondary N) is 2. The molecule has 0 unspecified atom stereocenters. The number of methoxy groups -OCH3 is 1. The zero-order valence-electron chi connectivity index (χ0n) is 12.7. The third-order valence-electron chi connectivity index (χ3n) is 3.15. The van der Waals surface area contributed by atoms with E-state index in [-0.39, 0.29) is 0 Å². The average Bonchev–Trinajstić information content (AvgIpc) is 3.04. The van der Waals surface area contributed by atoms with Gasteiger partial charge in [0.15, 0.2) is 16.8 Å². The number of anilines is 5. The minimum absolute atomic E-state index is 0.409. The van der Waals surface area contributed by atoms with Crippen LogP contribution in [0.25, 0.3) is 0 Å². The Morgan fingerprint density at radius 1 is 1.13 bits per heavy atom. The first-order chi connectivity index (χ1) is 11.2. The molecule has 0 amide bonds. The SMILES string of the molecule is COc1ccc(C)cc1Nc1ncnc(Nc2nccs2)c1N. The van der Waals surface area contributed by atoms with Crippen LogP contribution in [-0.4, -0.2) is 22.1 Å². The first-order valence-electron chi connectivity index (χ1n) is 6.86. The van der Waals surface area contributed by atoms with E-state index in [1.807, 2.05) is 30.5 Å². The Morgan fingerprint density at radius 2 is 1.91 bits per heavy atom. The van der Waals surface area contributed by atoms with E-state index in [1.54, 1.807) is 13.3 Å². The van der Waals surface area contributed by atoms with Gasteiger partial charge in [-0.05, 0) is 24.6 Å². The number of nitrogen functional groups attached to an aromatic ring is 1. The molecule has 0 spiro atoms. The van der Waals surface area contributed by atoms with Crippen LogP contribution >= 0.6 is 11.3 Å². The number of benzene rings is 1. The molecule has 4 N–H and O–H groups in total. The zero-order chi connectivity index (χ0) is 16.2. The fourth-order valence-electron chi connectivity index (χ4n) is 2.03. The summed E-state index contributed by atoms with van der Waals surface area (Å²) in [6.45, 7) is 2.00. The highest BCUT2D eigenvalue weighted by atomic mass is 32.1. The number of nitrogens with zero attached hydrogens (tertiary/aromatic N) is 3. The smallest absolute Gasteiger partial charge is 0.188 e. The fraction of sp³-hybridized carbons (Fsp3) is 0.133. The minimum atomic E-state index is 0.409. The molecule has 0 fully saturated rings. The lowest BCUT2D eigenvalue weighted by molar-refractivity contribution is 0.416. The minimum Gasteiger partial charge on any atom is -0.495 e. The summed E-state index contributed by atoms with van der Waals surface area (Å²) >= 11 is 1.47. The van der Waals surface area contributed by atoms with E-state index < -0.39 is 0 Å². The molecule has 2 heterocycles. The normalized spacial score (nSPS) is 10.3. The number of aromatic nitrogens is 3. The molecule has 0 bridgehead atoms. The summed E-state index contributed by atoms with van der Waals surface area (Å²) in [4.78, 5) is 12.5. The second-order valence-electron chi connectivity index (χ2n) is 4.78. The second kappa shape index (κ2) is 6.49. The third kappa shape index (κ3) is 3.32. The molecule has 3 aromatic rings. The monoisotopic (exact) mass is 328 g/mol. The predicted octanol–water partition coefficient (Wildman–Crippen LogP) is 3.32. The first-order valence-corrected chi connectivity index (χ1v) is 7.74. The van der Waals surface area contributed by atoms with Gasteiger partial charge in [-0.1, -0.05) is 6.07 Å². The number of nitrogens with two attached hydrogens (primary N) is 1. The Bertz CT molecular complexity index is 806. The standard InChI is InChI=1S/C15H16N6OS/c1-9-3-4-11(22-2)10(7-9)20-13-12(16)14(19-8-18-13)21-15-17-5-6-23-15/h3-8H,16H2,1-2H3,(H2,17,18,19,20,21). The van der Waals surface area contributed by atoms with Gasteiger partial charge in [0.25, 0.3) is 0 Å². The first kappa shape index (κ1) is 15.0. The topological polar surface area (TPSA) is 98.0 Å². The highest BCUT2D eigenvalue weighted by Gasteiger charge is 2.11. The zero-order valence-corrected chi connectivity index (χ0v) is 13.5. The molecule has 3 rings (SSSR count). The molecule has 2 aromatic heterocycles. The number of aryl methyl sites for hydroxylation is 1. The van der Waals surface area contributed by atoms with Crippen molar-refractivity contribution in [2.24, 2.45) is 0 Å². The maximum Gasteiger partial charge on any atom is 0.188 e. The molecular weight excluding hydrogens is 312 g/mol. The fourth-order valence-corrected chi connectivity index (χ4v) is 2.56. The van der Waals surface area contributed by atoms with Crippen LogP contribution in [0.4, 0.5) is 28.1 Å². The molecule has 0 radical (unpaired) electrons. The highest BCUT2D eigenvalue weighted by molar-refractivity contribution is 7.13. The summed E-state index contributed by atoms with van der Waals surface area (Å²) in [5, 5.41) is 8.86. The van der Waals surface area contributed by atoms with E-state index in [0.717, 1.165) is 16.4 Å². The number of hydrogen-bond donors (Lipinski definition) is 3. The van der Waals surface area contributed by atoms with E-state index in [0.29, 0.717) is 23.1 Å². The van der Waals surface area contributed by atoms with Crippen molar-refractivity contribution in [1.29, 1.82) is 0 Å². The van der Waals surface area contributed by atoms with E-state index >= 15 is 0 Å². The predicted molar refractivity (Wildman–Crippen MR) is 92.9 cm³/mol. The van der Waals surface area contributed by atoms with E-state index in [4.69, 9.17) is 10.5 Å². The third-order valence-corrected chi connectivity index (χ3v) is 3.84. The second-order valence-corrected chi connectivity index (χ2v) is 5.67. The lowest BCUT2D eigenvalue weighted by Crippen LogP contribution is -2.05. The van der Waals surface area contributed by atoms with Crippen LogP contribution in [0.2, 0.25) is 0 Å². The number of rotatable bonds is 5. The van der Waals surface area contributed by atoms with Gasteiger partial charge < -0.3 is 21.1 Å². The maximum absolute atomic E-state index is 6.16. The summed E-state index contributed by atoms with van der Waals surface area (Å²) < 4.78 is 5.36. The molecule has 0 aliphatic carbocycles. The van der Waals surface area contributed by atoms with Gasteiger partial charge in [-0.2, -0.15) is 0 Å². The highest BCUT2D eigenvalue weighted by Crippen LogP contribution is 2.32. The van der Waals surface area contributed by atoms with Gasteiger partial charge in [-0.15, -0.1) is 11.3 Å². The van der Waals surface area contributed by atoms with Crippen molar-refractivity contribution < 1.29 is 4.74 Å². The lowest BCUT2D eigenvalue weighted by Gasteiger charge is -2.14. The molecule has 7 nitrogen and oxygen atoms in total. The Balaban J connectivity index is 1.90. The van der Waals surface area contributed by atoms with Crippen molar-refractivity contribution >= 4 is 39.5 Å². The van der Waals surface area contributed by atoms with Gasteiger partial charge in [-0.3, -0.25) is 0 Å². The molecule has 0 aliphatic rings. The van der Waals surface area contributed by atoms with E-state index in [2.05, 4.69) is 25.6 Å². The summed E-state index contributed by atoms with van der Waals surface area (Å²) in [6, 6.07) is 5.83. The molecule has 1 aromatic carbocycles. The summed E-state index contributed by atoms with van der Waals surface area (Å²) in [5.74, 6) is 1.72. The van der Waals surface area contributed by atoms with Crippen molar-refractivity contribution in [3.8, 4) is 5.75 Å². The van der Waals surface area contributed by atoms with Crippen LogP contribution in [-0.2, 0) is 0 Å². The molecular formula is C15H16N6OS. The van der Waals surface area contributed by atoms with Crippen molar-refractivity contribution in [2.75, 3.05) is 23.5 Å². The van der Waals surface area contributed by atoms with Crippen molar-refractivity contribution in [3.05, 3.63) is 41.7 Å². The molecule has 0 saturated heterocycles. The van der Waals surface area contributed by atoms with E-state index in [1.165, 1.54) is 17.7 Å². The van der Waals surface area contributed by atoms with Crippen molar-refractivity contribution in [1.82, 2.24) is 15.0 Å². The van der Waals surface area contributed by atoms with Gasteiger partial charge in [0.1, 0.15) is 17.8 Å². The van der Waals surface area contributed by atoms with Crippen LogP contribution in [0, 0.1) is 6.92 Å². The molecule has 0 aliphatic heterocycles. The number of ether oxygens (including phenoxy) is 1. The lowest BCUT2D eigenvalue weighted by atomic mass is 10.2. The Kier molecular flexibility index (Phi) is 4.24. The average molecular weight is 328 g/mol. The van der Waals surface area contributed by atoms with Crippen molar-refractivity contribution in [2.45, 2.75) is 6.92 Å². The Hall–Kier alpha value is -2.87. The Labute approximate surface area is 137 Å². The van der Waals surface area contributed by atoms with Crippen LogP contribution < -0.4 is 21.1 Å². The summed E-state index contributed by atoms with van der Waals surface area (Å²) in [7, 11) is 1.62. The maximum atomic E-state index is 6.16. The quantitative estimate of drug-likeness (QED) is 0.661. The van der Waals surface area contributed by atoms with Gasteiger partial charge in [-0.25, -0.2) is 15.0 Å². The van der Waals surface area contributed by atoms with Gasteiger partial charge in [0.2, 0.25) is 0 Å². The number of hydrogen-bond acceptors (Lipinski definition) is 8. The molecule has 8 heteroatoms. The van der Waals surface area contributed by atoms with Gasteiger partial charge in [0, 0.05) is 11.6 Å². The van der Waals surface area contributed by atoms with Crippen LogP contribution in [0.15, 0.2) is 36.1 Å². The molecule has 0 atom stereocenters.